The van der Waals surface area contributed by atoms with Gasteiger partial charge in [0.1, 0.15) is 17.2 Å². The number of likely N-dealkylation sites (N-methyl/N-ethyl adjacent to an activating group) is 1. The SMILES string of the molecule is CN(C)CCN(CCO)C(=O)c1ccc2c(c1)CC(C)(Cc1ccccc1F)O2. The Morgan fingerprint density at radius 1 is 1.17 bits per heavy atom. The molecule has 0 aliphatic carbocycles. The molecule has 0 radical (unpaired) electrons. The highest BCUT2D eigenvalue weighted by Crippen LogP contribution is 2.38. The van der Waals surface area contributed by atoms with Crippen LogP contribution in [-0.2, 0) is 12.8 Å². The van der Waals surface area contributed by atoms with Crippen LogP contribution in [0, 0.1) is 5.82 Å². The highest BCUT2D eigenvalue weighted by atomic mass is 19.1. The largest absolute Gasteiger partial charge is 0.487 e. The molecule has 1 unspecified atom stereocenters. The molecule has 156 valence electrons. The second kappa shape index (κ2) is 8.93. The van der Waals surface area contributed by atoms with Crippen molar-refractivity contribution in [3.05, 3.63) is 65.0 Å². The number of aliphatic hydroxyl groups is 1. The van der Waals surface area contributed by atoms with Gasteiger partial charge in [0.15, 0.2) is 0 Å². The topological polar surface area (TPSA) is 53.0 Å². The highest BCUT2D eigenvalue weighted by Gasteiger charge is 2.36. The smallest absolute Gasteiger partial charge is 0.253 e. The van der Waals surface area contributed by atoms with Crippen LogP contribution in [0.4, 0.5) is 4.39 Å². The maximum Gasteiger partial charge on any atom is 0.253 e. The Bertz CT molecular complexity index is 871. The van der Waals surface area contributed by atoms with Crippen LogP contribution in [0.3, 0.4) is 0 Å². The van der Waals surface area contributed by atoms with Crippen molar-refractivity contribution in [1.82, 2.24) is 9.80 Å². The number of carbonyl (C=O) groups excluding carboxylic acids is 1. The Labute approximate surface area is 171 Å². The summed E-state index contributed by atoms with van der Waals surface area (Å²) < 4.78 is 20.2. The van der Waals surface area contributed by atoms with Crippen molar-refractivity contribution in [2.24, 2.45) is 0 Å². The number of hydrogen-bond acceptors (Lipinski definition) is 4. The molecule has 1 aliphatic rings. The summed E-state index contributed by atoms with van der Waals surface area (Å²) in [5.41, 5.74) is 1.60. The summed E-state index contributed by atoms with van der Waals surface area (Å²) in [6.07, 6.45) is 1.06. The summed E-state index contributed by atoms with van der Waals surface area (Å²) in [6, 6.07) is 12.2. The van der Waals surface area contributed by atoms with E-state index < -0.39 is 5.60 Å². The molecule has 1 atom stereocenters. The molecule has 1 N–H and O–H groups in total. The standard InChI is InChI=1S/C23H29FN2O3/c1-23(15-18-6-4-5-7-20(18)24)16-19-14-17(8-9-21(19)29-23)22(28)26(12-13-27)11-10-25(2)3/h4-9,14,27H,10-13,15-16H2,1-3H3. The average Bonchev–Trinajstić information content (AvgIpc) is 3.01. The van der Waals surface area contributed by atoms with Crippen molar-refractivity contribution in [1.29, 1.82) is 0 Å². The summed E-state index contributed by atoms with van der Waals surface area (Å²) in [5.74, 6) is 0.401. The number of amides is 1. The first kappa shape index (κ1) is 21.3. The van der Waals surface area contributed by atoms with Gasteiger partial charge in [-0.1, -0.05) is 18.2 Å². The lowest BCUT2D eigenvalue weighted by Crippen LogP contribution is -2.38. The van der Waals surface area contributed by atoms with Crippen LogP contribution in [0.2, 0.25) is 0 Å². The second-order valence-electron chi connectivity index (χ2n) is 8.14. The number of halogens is 1. The van der Waals surface area contributed by atoms with Crippen LogP contribution in [0.15, 0.2) is 42.5 Å². The number of fused-ring (bicyclic) bond motifs is 1. The number of aliphatic hydroxyl groups excluding tert-OH is 1. The zero-order valence-corrected chi connectivity index (χ0v) is 17.3. The molecule has 1 heterocycles. The maximum atomic E-state index is 14.1. The predicted octanol–water partition coefficient (Wildman–Crippen LogP) is 2.76. The van der Waals surface area contributed by atoms with E-state index in [-0.39, 0.29) is 18.3 Å². The lowest BCUT2D eigenvalue weighted by atomic mass is 9.91. The van der Waals surface area contributed by atoms with E-state index in [0.717, 1.165) is 17.9 Å². The van der Waals surface area contributed by atoms with Gasteiger partial charge in [-0.2, -0.15) is 0 Å². The van der Waals surface area contributed by atoms with E-state index in [1.165, 1.54) is 6.07 Å². The fraction of sp³-hybridized carbons (Fsp3) is 0.435. The van der Waals surface area contributed by atoms with Gasteiger partial charge in [0, 0.05) is 38.0 Å². The molecule has 0 fully saturated rings. The summed E-state index contributed by atoms with van der Waals surface area (Å²) in [6.45, 7) is 3.46. The lowest BCUT2D eigenvalue weighted by Gasteiger charge is -2.24. The van der Waals surface area contributed by atoms with Crippen LogP contribution < -0.4 is 4.74 Å². The normalized spacial score (nSPS) is 17.9. The molecule has 0 saturated heterocycles. The Hall–Kier alpha value is -2.44. The lowest BCUT2D eigenvalue weighted by molar-refractivity contribution is 0.0710. The third kappa shape index (κ3) is 5.14. The molecular formula is C23H29FN2O3. The molecule has 1 amide bonds. The van der Waals surface area contributed by atoms with Gasteiger partial charge >= 0.3 is 0 Å². The van der Waals surface area contributed by atoms with Gasteiger partial charge in [-0.05, 0) is 56.4 Å². The third-order valence-corrected chi connectivity index (χ3v) is 5.22. The number of carbonyl (C=O) groups is 1. The van der Waals surface area contributed by atoms with Gasteiger partial charge < -0.3 is 19.6 Å². The minimum Gasteiger partial charge on any atom is -0.487 e. The van der Waals surface area contributed by atoms with Crippen molar-refractivity contribution in [2.75, 3.05) is 40.3 Å². The Kier molecular flexibility index (Phi) is 6.55. The van der Waals surface area contributed by atoms with Crippen molar-refractivity contribution in [3.63, 3.8) is 0 Å². The predicted molar refractivity (Wildman–Crippen MR) is 111 cm³/mol. The van der Waals surface area contributed by atoms with Crippen molar-refractivity contribution >= 4 is 5.91 Å². The van der Waals surface area contributed by atoms with Crippen molar-refractivity contribution in [3.8, 4) is 5.75 Å². The van der Waals surface area contributed by atoms with E-state index in [4.69, 9.17) is 4.74 Å². The Morgan fingerprint density at radius 3 is 2.62 bits per heavy atom. The molecule has 0 bridgehead atoms. The summed E-state index contributed by atoms with van der Waals surface area (Å²) in [4.78, 5) is 16.6. The third-order valence-electron chi connectivity index (χ3n) is 5.22. The molecule has 2 aromatic rings. The van der Waals surface area contributed by atoms with E-state index in [1.807, 2.05) is 44.1 Å². The molecule has 5 nitrogen and oxygen atoms in total. The minimum atomic E-state index is -0.554. The average molecular weight is 400 g/mol. The maximum absolute atomic E-state index is 14.1. The molecule has 1 aliphatic heterocycles. The molecule has 6 heteroatoms. The van der Waals surface area contributed by atoms with Gasteiger partial charge in [0.05, 0.1) is 6.61 Å². The molecule has 0 saturated carbocycles. The number of ether oxygens (including phenoxy) is 1. The summed E-state index contributed by atoms with van der Waals surface area (Å²) >= 11 is 0. The first-order chi connectivity index (χ1) is 13.8. The molecule has 0 spiro atoms. The molecule has 2 aromatic carbocycles. The first-order valence-electron chi connectivity index (χ1n) is 9.91. The monoisotopic (exact) mass is 400 g/mol. The fourth-order valence-electron chi connectivity index (χ4n) is 3.74. The first-order valence-corrected chi connectivity index (χ1v) is 9.91. The van der Waals surface area contributed by atoms with Gasteiger partial charge in [0.2, 0.25) is 0 Å². The van der Waals surface area contributed by atoms with Gasteiger partial charge in [-0.15, -0.1) is 0 Å². The number of rotatable bonds is 8. The number of nitrogens with zero attached hydrogens (tertiary/aromatic N) is 2. The highest BCUT2D eigenvalue weighted by molar-refractivity contribution is 5.94. The van der Waals surface area contributed by atoms with Crippen LogP contribution >= 0.6 is 0 Å². The second-order valence-corrected chi connectivity index (χ2v) is 8.14. The Morgan fingerprint density at radius 2 is 1.93 bits per heavy atom. The molecule has 0 aromatic heterocycles. The van der Waals surface area contributed by atoms with E-state index in [2.05, 4.69) is 0 Å². The van der Waals surface area contributed by atoms with E-state index >= 15 is 0 Å². The number of hydrogen-bond donors (Lipinski definition) is 1. The molecule has 3 rings (SSSR count). The van der Waals surface area contributed by atoms with Crippen LogP contribution in [0.1, 0.15) is 28.4 Å². The van der Waals surface area contributed by atoms with Crippen molar-refractivity contribution < 1.29 is 19.0 Å². The summed E-state index contributed by atoms with van der Waals surface area (Å²) in [7, 11) is 3.90. The number of benzene rings is 2. The van der Waals surface area contributed by atoms with Gasteiger partial charge in [0.25, 0.3) is 5.91 Å². The van der Waals surface area contributed by atoms with Crippen LogP contribution in [-0.4, -0.2) is 66.8 Å². The summed E-state index contributed by atoms with van der Waals surface area (Å²) in [5, 5.41) is 9.33. The van der Waals surface area contributed by atoms with Crippen molar-refractivity contribution in [2.45, 2.75) is 25.4 Å². The van der Waals surface area contributed by atoms with Gasteiger partial charge in [-0.3, -0.25) is 4.79 Å². The molecule has 29 heavy (non-hydrogen) atoms. The van der Waals surface area contributed by atoms with Crippen LogP contribution in [0.25, 0.3) is 0 Å². The zero-order valence-electron chi connectivity index (χ0n) is 17.3. The van der Waals surface area contributed by atoms with E-state index in [9.17, 15) is 14.3 Å². The van der Waals surface area contributed by atoms with Gasteiger partial charge in [-0.25, -0.2) is 4.39 Å². The van der Waals surface area contributed by atoms with E-state index in [0.29, 0.717) is 37.1 Å². The minimum absolute atomic E-state index is 0.0755. The van der Waals surface area contributed by atoms with Crippen LogP contribution in [0.5, 0.6) is 5.75 Å². The zero-order chi connectivity index (χ0) is 21.0. The van der Waals surface area contributed by atoms with E-state index in [1.54, 1.807) is 23.1 Å². The quantitative estimate of drug-likeness (QED) is 0.740. The Balaban J connectivity index is 1.75. The fourth-order valence-corrected chi connectivity index (χ4v) is 3.74. The molecular weight excluding hydrogens is 371 g/mol.